The standard InChI is InChI=1S/C11H12N4O4/c12-15-13-6-10(17)14-9(11(18)19)5-7-1-3-8(16)4-2-7/h1-4,9,16H,5-6H2,(H,14,17)(H,18,19)/t9-/m0/s1. The van der Waals surface area contributed by atoms with Gasteiger partial charge in [-0.3, -0.25) is 4.79 Å². The summed E-state index contributed by atoms with van der Waals surface area (Å²) >= 11 is 0. The minimum atomic E-state index is -1.19. The van der Waals surface area contributed by atoms with E-state index in [-0.39, 0.29) is 12.2 Å². The molecular formula is C11H12N4O4. The van der Waals surface area contributed by atoms with Gasteiger partial charge in [-0.05, 0) is 23.2 Å². The first-order chi connectivity index (χ1) is 9.02. The molecule has 0 fully saturated rings. The molecule has 1 atom stereocenters. The predicted octanol–water partition coefficient (Wildman–Crippen LogP) is 0.814. The molecular weight excluding hydrogens is 252 g/mol. The molecule has 100 valence electrons. The molecule has 0 radical (unpaired) electrons. The molecule has 1 aromatic carbocycles. The highest BCUT2D eigenvalue weighted by Gasteiger charge is 2.19. The zero-order chi connectivity index (χ0) is 14.3. The summed E-state index contributed by atoms with van der Waals surface area (Å²) in [6, 6.07) is 4.85. The van der Waals surface area contributed by atoms with Crippen molar-refractivity contribution in [2.45, 2.75) is 12.5 Å². The number of hydrogen-bond acceptors (Lipinski definition) is 4. The summed E-state index contributed by atoms with van der Waals surface area (Å²) in [6.45, 7) is -0.449. The van der Waals surface area contributed by atoms with Crippen LogP contribution < -0.4 is 5.32 Å². The van der Waals surface area contributed by atoms with E-state index in [9.17, 15) is 9.59 Å². The molecule has 1 rings (SSSR count). The third-order valence-corrected chi connectivity index (χ3v) is 2.29. The molecule has 0 aromatic heterocycles. The van der Waals surface area contributed by atoms with Crippen molar-refractivity contribution in [3.63, 3.8) is 0 Å². The average molecular weight is 264 g/mol. The first-order valence-electron chi connectivity index (χ1n) is 5.34. The maximum absolute atomic E-state index is 11.3. The van der Waals surface area contributed by atoms with Gasteiger partial charge in [0.05, 0.1) is 0 Å². The van der Waals surface area contributed by atoms with E-state index >= 15 is 0 Å². The molecule has 1 amide bonds. The molecule has 0 saturated heterocycles. The summed E-state index contributed by atoms with van der Waals surface area (Å²) in [5.74, 6) is -1.78. The molecule has 8 heteroatoms. The number of benzene rings is 1. The molecule has 0 aliphatic carbocycles. The number of carbonyl (C=O) groups excluding carboxylic acids is 1. The molecule has 1 aromatic rings. The van der Waals surface area contributed by atoms with E-state index in [4.69, 9.17) is 15.7 Å². The molecule has 8 nitrogen and oxygen atoms in total. The minimum Gasteiger partial charge on any atom is -0.508 e. The normalized spacial score (nSPS) is 11.2. The fourth-order valence-electron chi connectivity index (χ4n) is 1.40. The van der Waals surface area contributed by atoms with E-state index in [2.05, 4.69) is 15.3 Å². The number of phenols is 1. The lowest BCUT2D eigenvalue weighted by molar-refractivity contribution is -0.141. The van der Waals surface area contributed by atoms with Crippen LogP contribution in [0.2, 0.25) is 0 Å². The zero-order valence-electron chi connectivity index (χ0n) is 9.85. The SMILES string of the molecule is [N-]=[N+]=NCC(=O)N[C@@H](Cc1ccc(O)cc1)C(=O)O. The Hall–Kier alpha value is -2.73. The lowest BCUT2D eigenvalue weighted by Crippen LogP contribution is -2.43. The van der Waals surface area contributed by atoms with Crippen molar-refractivity contribution in [3.05, 3.63) is 40.3 Å². The van der Waals surface area contributed by atoms with Crippen LogP contribution in [0.25, 0.3) is 10.4 Å². The number of nitrogens with one attached hydrogen (secondary N) is 1. The molecule has 0 saturated carbocycles. The van der Waals surface area contributed by atoms with Gasteiger partial charge in [0.2, 0.25) is 5.91 Å². The molecule has 3 N–H and O–H groups in total. The van der Waals surface area contributed by atoms with Crippen molar-refractivity contribution in [2.24, 2.45) is 5.11 Å². The van der Waals surface area contributed by atoms with Gasteiger partial charge in [-0.2, -0.15) is 0 Å². The van der Waals surface area contributed by atoms with Crippen molar-refractivity contribution in [3.8, 4) is 5.75 Å². The monoisotopic (exact) mass is 264 g/mol. The van der Waals surface area contributed by atoms with Gasteiger partial charge < -0.3 is 15.5 Å². The van der Waals surface area contributed by atoms with Crippen LogP contribution >= 0.6 is 0 Å². The number of aliphatic carboxylic acids is 1. The van der Waals surface area contributed by atoms with Crippen LogP contribution in [-0.4, -0.2) is 34.7 Å². The highest BCUT2D eigenvalue weighted by atomic mass is 16.4. The number of aromatic hydroxyl groups is 1. The highest BCUT2D eigenvalue weighted by Crippen LogP contribution is 2.11. The Morgan fingerprint density at radius 3 is 2.53 bits per heavy atom. The molecule has 0 spiro atoms. The van der Waals surface area contributed by atoms with Crippen molar-refractivity contribution in [2.75, 3.05) is 6.54 Å². The molecule has 0 aliphatic heterocycles. The molecule has 0 heterocycles. The predicted molar refractivity (Wildman–Crippen MR) is 65.4 cm³/mol. The first kappa shape index (κ1) is 14.3. The van der Waals surface area contributed by atoms with E-state index in [1.807, 2.05) is 0 Å². The quantitative estimate of drug-likeness (QED) is 0.398. The summed E-state index contributed by atoms with van der Waals surface area (Å²) in [6.07, 6.45) is 0.0671. The third kappa shape index (κ3) is 4.97. The summed E-state index contributed by atoms with van der Waals surface area (Å²) in [5, 5.41) is 23.4. The van der Waals surface area contributed by atoms with Gasteiger partial charge in [-0.25, -0.2) is 4.79 Å². The first-order valence-corrected chi connectivity index (χ1v) is 5.34. The van der Waals surface area contributed by atoms with E-state index in [1.54, 1.807) is 12.1 Å². The number of azide groups is 1. The van der Waals surface area contributed by atoms with E-state index in [1.165, 1.54) is 12.1 Å². The largest absolute Gasteiger partial charge is 0.508 e. The van der Waals surface area contributed by atoms with Gasteiger partial charge in [0.25, 0.3) is 0 Å². The lowest BCUT2D eigenvalue weighted by atomic mass is 10.1. The Morgan fingerprint density at radius 2 is 2.00 bits per heavy atom. The van der Waals surface area contributed by atoms with Crippen LogP contribution in [0.1, 0.15) is 5.56 Å². The maximum atomic E-state index is 11.3. The third-order valence-electron chi connectivity index (χ3n) is 2.29. The average Bonchev–Trinajstić information content (AvgIpc) is 2.38. The Balaban J connectivity index is 2.67. The van der Waals surface area contributed by atoms with Gasteiger partial charge >= 0.3 is 5.97 Å². The molecule has 0 unspecified atom stereocenters. The van der Waals surface area contributed by atoms with Crippen molar-refractivity contribution in [1.82, 2.24) is 5.32 Å². The fraction of sp³-hybridized carbons (Fsp3) is 0.273. The van der Waals surface area contributed by atoms with Gasteiger partial charge in [-0.1, -0.05) is 17.2 Å². The Bertz CT molecular complexity index is 508. The minimum absolute atomic E-state index is 0.0671. The van der Waals surface area contributed by atoms with Crippen molar-refractivity contribution < 1.29 is 19.8 Å². The van der Waals surface area contributed by atoms with Crippen LogP contribution in [-0.2, 0) is 16.0 Å². The number of carbonyl (C=O) groups is 2. The second-order valence-electron chi connectivity index (χ2n) is 3.72. The Labute approximate surface area is 108 Å². The summed E-state index contributed by atoms with van der Waals surface area (Å²) < 4.78 is 0. The second-order valence-corrected chi connectivity index (χ2v) is 3.72. The Kier molecular flexibility index (Phi) is 5.18. The molecule has 0 aliphatic rings. The smallest absolute Gasteiger partial charge is 0.326 e. The van der Waals surface area contributed by atoms with Crippen LogP contribution in [0.3, 0.4) is 0 Å². The maximum Gasteiger partial charge on any atom is 0.326 e. The summed E-state index contributed by atoms with van der Waals surface area (Å²) in [5.41, 5.74) is 8.71. The van der Waals surface area contributed by atoms with Crippen molar-refractivity contribution in [1.29, 1.82) is 0 Å². The summed E-state index contributed by atoms with van der Waals surface area (Å²) in [4.78, 5) is 24.7. The highest BCUT2D eigenvalue weighted by molar-refractivity contribution is 5.84. The fourth-order valence-corrected chi connectivity index (χ4v) is 1.40. The van der Waals surface area contributed by atoms with Gasteiger partial charge in [0.1, 0.15) is 18.3 Å². The molecule has 0 bridgehead atoms. The topological polar surface area (TPSA) is 135 Å². The Morgan fingerprint density at radius 1 is 1.37 bits per heavy atom. The van der Waals surface area contributed by atoms with Gasteiger partial charge in [0, 0.05) is 11.3 Å². The van der Waals surface area contributed by atoms with E-state index < -0.39 is 24.5 Å². The lowest BCUT2D eigenvalue weighted by Gasteiger charge is -2.13. The van der Waals surface area contributed by atoms with Crippen LogP contribution in [0.15, 0.2) is 29.4 Å². The number of hydrogen-bond donors (Lipinski definition) is 3. The van der Waals surface area contributed by atoms with Crippen LogP contribution in [0, 0.1) is 0 Å². The number of rotatable bonds is 6. The van der Waals surface area contributed by atoms with E-state index in [0.717, 1.165) is 0 Å². The number of carboxylic acids is 1. The number of nitrogens with zero attached hydrogens (tertiary/aromatic N) is 3. The van der Waals surface area contributed by atoms with Gasteiger partial charge in [0.15, 0.2) is 0 Å². The van der Waals surface area contributed by atoms with E-state index in [0.29, 0.717) is 5.56 Å². The molecule has 19 heavy (non-hydrogen) atoms. The van der Waals surface area contributed by atoms with Crippen LogP contribution in [0.5, 0.6) is 5.75 Å². The second kappa shape index (κ2) is 6.87. The van der Waals surface area contributed by atoms with Gasteiger partial charge in [-0.15, -0.1) is 0 Å². The summed E-state index contributed by atoms with van der Waals surface area (Å²) in [7, 11) is 0. The number of carboxylic acid groups (broad SMARTS) is 1. The zero-order valence-corrected chi connectivity index (χ0v) is 9.85. The van der Waals surface area contributed by atoms with Crippen molar-refractivity contribution >= 4 is 11.9 Å². The number of amides is 1. The van der Waals surface area contributed by atoms with Crippen LogP contribution in [0.4, 0.5) is 0 Å². The number of phenolic OH excluding ortho intramolecular Hbond substituents is 1.